The van der Waals surface area contributed by atoms with Crippen molar-refractivity contribution in [1.82, 2.24) is 0 Å². The first kappa shape index (κ1) is 13.1. The van der Waals surface area contributed by atoms with E-state index in [2.05, 4.69) is 5.32 Å². The van der Waals surface area contributed by atoms with Crippen molar-refractivity contribution < 1.29 is 9.59 Å². The fraction of sp³-hybridized carbons (Fsp3) is 0. The number of carbonyl (C=O) groups is 2. The highest BCUT2D eigenvalue weighted by Crippen LogP contribution is 2.17. The Labute approximate surface area is 115 Å². The van der Waals surface area contributed by atoms with Gasteiger partial charge in [0.2, 0.25) is 5.91 Å². The summed E-state index contributed by atoms with van der Waals surface area (Å²) in [4.78, 5) is 23.1. The van der Waals surface area contributed by atoms with E-state index in [0.29, 0.717) is 21.8 Å². The van der Waals surface area contributed by atoms with Crippen LogP contribution in [0.25, 0.3) is 0 Å². The third-order valence-electron chi connectivity index (χ3n) is 2.52. The standard InChI is InChI=1S/C14H11ClN2O2/c15-12-7-2-1-6-11(12)14(19)17-10-5-3-4-9(8-10)13(16)18/h1-8H,(H2,16,18)(H,17,19). The van der Waals surface area contributed by atoms with Gasteiger partial charge in [0.25, 0.3) is 5.91 Å². The van der Waals surface area contributed by atoms with Crippen molar-refractivity contribution in [3.63, 3.8) is 0 Å². The van der Waals surface area contributed by atoms with E-state index >= 15 is 0 Å². The van der Waals surface area contributed by atoms with Crippen molar-refractivity contribution in [3.8, 4) is 0 Å². The zero-order chi connectivity index (χ0) is 13.8. The van der Waals surface area contributed by atoms with Crippen LogP contribution in [0.3, 0.4) is 0 Å². The molecule has 2 amide bonds. The van der Waals surface area contributed by atoms with Gasteiger partial charge in [-0.05, 0) is 30.3 Å². The fourth-order valence-electron chi connectivity index (χ4n) is 1.59. The fourth-order valence-corrected chi connectivity index (χ4v) is 1.82. The van der Waals surface area contributed by atoms with Crippen molar-refractivity contribution in [2.24, 2.45) is 5.73 Å². The molecule has 0 fully saturated rings. The topological polar surface area (TPSA) is 72.2 Å². The third-order valence-corrected chi connectivity index (χ3v) is 2.85. The van der Waals surface area contributed by atoms with Crippen LogP contribution in [0.4, 0.5) is 5.69 Å². The number of benzene rings is 2. The van der Waals surface area contributed by atoms with Crippen LogP contribution < -0.4 is 11.1 Å². The second-order valence-electron chi connectivity index (χ2n) is 3.88. The van der Waals surface area contributed by atoms with Gasteiger partial charge in [-0.2, -0.15) is 0 Å². The third kappa shape index (κ3) is 3.11. The van der Waals surface area contributed by atoms with Crippen LogP contribution in [-0.2, 0) is 0 Å². The van der Waals surface area contributed by atoms with Crippen molar-refractivity contribution in [2.75, 3.05) is 5.32 Å². The summed E-state index contributed by atoms with van der Waals surface area (Å²) < 4.78 is 0. The number of primary amides is 1. The van der Waals surface area contributed by atoms with Crippen LogP contribution in [-0.4, -0.2) is 11.8 Å². The van der Waals surface area contributed by atoms with E-state index in [9.17, 15) is 9.59 Å². The molecule has 2 rings (SSSR count). The molecule has 0 saturated carbocycles. The maximum Gasteiger partial charge on any atom is 0.257 e. The van der Waals surface area contributed by atoms with E-state index in [0.717, 1.165) is 0 Å². The minimum atomic E-state index is -0.547. The maximum atomic E-state index is 12.0. The van der Waals surface area contributed by atoms with E-state index in [1.54, 1.807) is 42.5 Å². The minimum Gasteiger partial charge on any atom is -0.366 e. The van der Waals surface area contributed by atoms with Gasteiger partial charge in [0.1, 0.15) is 0 Å². The first-order chi connectivity index (χ1) is 9.08. The first-order valence-electron chi connectivity index (χ1n) is 5.53. The summed E-state index contributed by atoms with van der Waals surface area (Å²) in [6.07, 6.45) is 0. The summed E-state index contributed by atoms with van der Waals surface area (Å²) in [6, 6.07) is 13.1. The number of nitrogens with two attached hydrogens (primary N) is 1. The van der Waals surface area contributed by atoms with Crippen LogP contribution in [0.2, 0.25) is 5.02 Å². The molecule has 19 heavy (non-hydrogen) atoms. The Morgan fingerprint density at radius 1 is 1.05 bits per heavy atom. The number of anilines is 1. The Hall–Kier alpha value is -2.33. The molecule has 0 aliphatic rings. The Bertz CT molecular complexity index is 641. The molecule has 0 saturated heterocycles. The van der Waals surface area contributed by atoms with E-state index in [-0.39, 0.29) is 5.91 Å². The average molecular weight is 275 g/mol. The number of hydrogen-bond donors (Lipinski definition) is 2. The quantitative estimate of drug-likeness (QED) is 0.903. The molecule has 2 aromatic carbocycles. The number of hydrogen-bond acceptors (Lipinski definition) is 2. The van der Waals surface area contributed by atoms with Gasteiger partial charge in [-0.3, -0.25) is 9.59 Å². The summed E-state index contributed by atoms with van der Waals surface area (Å²) in [6.45, 7) is 0. The summed E-state index contributed by atoms with van der Waals surface area (Å²) in [7, 11) is 0. The molecule has 96 valence electrons. The molecule has 2 aromatic rings. The molecular formula is C14H11ClN2O2. The van der Waals surface area contributed by atoms with Gasteiger partial charge in [-0.1, -0.05) is 29.8 Å². The smallest absolute Gasteiger partial charge is 0.257 e. The summed E-state index contributed by atoms with van der Waals surface area (Å²) >= 11 is 5.93. The lowest BCUT2D eigenvalue weighted by Crippen LogP contribution is -2.14. The first-order valence-corrected chi connectivity index (χ1v) is 5.91. The number of amides is 2. The molecular weight excluding hydrogens is 264 g/mol. The van der Waals surface area contributed by atoms with Crippen LogP contribution in [0.5, 0.6) is 0 Å². The lowest BCUT2D eigenvalue weighted by molar-refractivity contribution is 0.0996. The van der Waals surface area contributed by atoms with Crippen molar-refractivity contribution in [2.45, 2.75) is 0 Å². The van der Waals surface area contributed by atoms with E-state index in [4.69, 9.17) is 17.3 Å². The molecule has 0 spiro atoms. The normalized spacial score (nSPS) is 9.95. The molecule has 0 aromatic heterocycles. The molecule has 5 heteroatoms. The lowest BCUT2D eigenvalue weighted by atomic mass is 10.1. The van der Waals surface area contributed by atoms with Crippen LogP contribution in [0.15, 0.2) is 48.5 Å². The molecule has 0 aliphatic heterocycles. The summed E-state index contributed by atoms with van der Waals surface area (Å²) in [5.74, 6) is -0.888. The highest BCUT2D eigenvalue weighted by Gasteiger charge is 2.10. The van der Waals surface area contributed by atoms with Gasteiger partial charge >= 0.3 is 0 Å². The Kier molecular flexibility index (Phi) is 3.82. The largest absolute Gasteiger partial charge is 0.366 e. The predicted octanol–water partition coefficient (Wildman–Crippen LogP) is 2.69. The zero-order valence-electron chi connectivity index (χ0n) is 9.89. The molecule has 0 heterocycles. The van der Waals surface area contributed by atoms with Crippen LogP contribution in [0.1, 0.15) is 20.7 Å². The van der Waals surface area contributed by atoms with Gasteiger partial charge in [-0.25, -0.2) is 0 Å². The number of halogens is 1. The summed E-state index contributed by atoms with van der Waals surface area (Å²) in [5.41, 5.74) is 6.36. The van der Waals surface area contributed by atoms with E-state index in [1.807, 2.05) is 0 Å². The highest BCUT2D eigenvalue weighted by molar-refractivity contribution is 6.34. The zero-order valence-corrected chi connectivity index (χ0v) is 10.6. The molecule has 0 unspecified atom stereocenters. The Morgan fingerprint density at radius 2 is 1.79 bits per heavy atom. The number of rotatable bonds is 3. The van der Waals surface area contributed by atoms with E-state index in [1.165, 1.54) is 6.07 Å². The number of nitrogens with one attached hydrogen (secondary N) is 1. The van der Waals surface area contributed by atoms with Crippen molar-refractivity contribution >= 4 is 29.1 Å². The van der Waals surface area contributed by atoms with E-state index < -0.39 is 5.91 Å². The molecule has 3 N–H and O–H groups in total. The van der Waals surface area contributed by atoms with Gasteiger partial charge in [0.05, 0.1) is 10.6 Å². The lowest BCUT2D eigenvalue weighted by Gasteiger charge is -2.07. The second-order valence-corrected chi connectivity index (χ2v) is 4.29. The molecule has 4 nitrogen and oxygen atoms in total. The maximum absolute atomic E-state index is 12.0. The van der Waals surface area contributed by atoms with Gasteiger partial charge in [-0.15, -0.1) is 0 Å². The summed E-state index contributed by atoms with van der Waals surface area (Å²) in [5, 5.41) is 3.03. The average Bonchev–Trinajstić information content (AvgIpc) is 2.39. The number of carbonyl (C=O) groups excluding carboxylic acids is 2. The van der Waals surface area contributed by atoms with Gasteiger partial charge in [0.15, 0.2) is 0 Å². The molecule has 0 aliphatic carbocycles. The Morgan fingerprint density at radius 3 is 2.47 bits per heavy atom. The second kappa shape index (κ2) is 5.54. The van der Waals surface area contributed by atoms with Crippen LogP contribution in [0, 0.1) is 0 Å². The van der Waals surface area contributed by atoms with Crippen molar-refractivity contribution in [3.05, 3.63) is 64.7 Å². The van der Waals surface area contributed by atoms with Crippen molar-refractivity contribution in [1.29, 1.82) is 0 Å². The highest BCUT2D eigenvalue weighted by atomic mass is 35.5. The molecule has 0 radical (unpaired) electrons. The van der Waals surface area contributed by atoms with Gasteiger partial charge in [0, 0.05) is 11.3 Å². The minimum absolute atomic E-state index is 0.331. The molecule has 0 bridgehead atoms. The van der Waals surface area contributed by atoms with Crippen LogP contribution >= 0.6 is 11.6 Å². The van der Waals surface area contributed by atoms with Gasteiger partial charge < -0.3 is 11.1 Å². The predicted molar refractivity (Wildman–Crippen MR) is 74.4 cm³/mol. The SMILES string of the molecule is NC(=O)c1cccc(NC(=O)c2ccccc2Cl)c1. The molecule has 0 atom stereocenters. The monoisotopic (exact) mass is 274 g/mol. The Balaban J connectivity index is 2.22.